The molecule has 27 heavy (non-hydrogen) atoms. The number of benzene rings is 1. The summed E-state index contributed by atoms with van der Waals surface area (Å²) in [6.07, 6.45) is 1.68. The van der Waals surface area contributed by atoms with E-state index in [0.717, 1.165) is 5.56 Å². The first-order valence-corrected chi connectivity index (χ1v) is 9.44. The average Bonchev–Trinajstić information content (AvgIpc) is 3.15. The van der Waals surface area contributed by atoms with E-state index in [9.17, 15) is 19.5 Å². The number of hydrogen-bond acceptors (Lipinski definition) is 5. The summed E-state index contributed by atoms with van der Waals surface area (Å²) in [4.78, 5) is 37.5. The highest BCUT2D eigenvalue weighted by Gasteiger charge is 2.35. The van der Waals surface area contributed by atoms with E-state index < -0.39 is 24.0 Å². The summed E-state index contributed by atoms with van der Waals surface area (Å²) in [6.45, 7) is 4.72. The van der Waals surface area contributed by atoms with Gasteiger partial charge >= 0.3 is 11.9 Å². The Morgan fingerprint density at radius 1 is 1.30 bits per heavy atom. The van der Waals surface area contributed by atoms with E-state index >= 15 is 0 Å². The molecule has 0 aliphatic carbocycles. The molecule has 1 aromatic rings. The van der Waals surface area contributed by atoms with Crippen molar-refractivity contribution in [2.24, 2.45) is 0 Å². The second kappa shape index (κ2) is 10.1. The monoisotopic (exact) mass is 376 g/mol. The molecule has 0 bridgehead atoms. The number of carboxylic acids is 1. The molecule has 0 aromatic heterocycles. The van der Waals surface area contributed by atoms with Crippen LogP contribution in [0.25, 0.3) is 0 Å². The third kappa shape index (κ3) is 5.53. The summed E-state index contributed by atoms with van der Waals surface area (Å²) in [6, 6.07) is 8.16. The molecule has 3 atom stereocenters. The Labute approximate surface area is 159 Å². The Morgan fingerprint density at radius 2 is 2.00 bits per heavy atom. The number of nitrogens with one attached hydrogen (secondary N) is 1. The Kier molecular flexibility index (Phi) is 7.79. The molecule has 1 aliphatic heterocycles. The average molecular weight is 376 g/mol. The summed E-state index contributed by atoms with van der Waals surface area (Å²) in [5.74, 6) is -1.86. The minimum Gasteiger partial charge on any atom is -0.480 e. The highest BCUT2D eigenvalue weighted by molar-refractivity contribution is 5.87. The molecular weight excluding hydrogens is 348 g/mol. The SMILES string of the molecule is CCOC(=O)[C@@H](CCN[C@@H](C)C(=O)N1CCC[C@H]1C(=O)O)c1ccccc1. The van der Waals surface area contributed by atoms with E-state index in [1.54, 1.807) is 13.8 Å². The number of carbonyl (C=O) groups is 3. The second-order valence-electron chi connectivity index (χ2n) is 6.71. The predicted molar refractivity (Wildman–Crippen MR) is 100 cm³/mol. The lowest BCUT2D eigenvalue weighted by Gasteiger charge is -2.26. The van der Waals surface area contributed by atoms with Gasteiger partial charge in [0.2, 0.25) is 5.91 Å². The molecule has 1 saturated heterocycles. The predicted octanol–water partition coefficient (Wildman–Crippen LogP) is 1.78. The maximum atomic E-state index is 12.6. The van der Waals surface area contributed by atoms with Gasteiger partial charge in [0.25, 0.3) is 0 Å². The molecule has 1 heterocycles. The number of aliphatic carboxylic acids is 1. The van der Waals surface area contributed by atoms with Crippen LogP contribution < -0.4 is 5.32 Å². The number of carbonyl (C=O) groups excluding carboxylic acids is 2. The first-order valence-electron chi connectivity index (χ1n) is 9.44. The number of nitrogens with zero attached hydrogens (tertiary/aromatic N) is 1. The van der Waals surface area contributed by atoms with Crippen molar-refractivity contribution in [1.82, 2.24) is 10.2 Å². The van der Waals surface area contributed by atoms with E-state index in [1.807, 2.05) is 30.3 Å². The fourth-order valence-corrected chi connectivity index (χ4v) is 3.42. The van der Waals surface area contributed by atoms with Crippen LogP contribution in [-0.4, -0.2) is 59.6 Å². The minimum absolute atomic E-state index is 0.215. The maximum absolute atomic E-state index is 12.6. The fourth-order valence-electron chi connectivity index (χ4n) is 3.42. The second-order valence-corrected chi connectivity index (χ2v) is 6.71. The molecule has 1 aromatic carbocycles. The summed E-state index contributed by atoms with van der Waals surface area (Å²) >= 11 is 0. The summed E-state index contributed by atoms with van der Waals surface area (Å²) in [5, 5.41) is 12.4. The van der Waals surface area contributed by atoms with Gasteiger partial charge in [-0.05, 0) is 45.2 Å². The number of ether oxygens (including phenoxy) is 1. The Hall–Kier alpha value is -2.41. The molecule has 1 aliphatic rings. The van der Waals surface area contributed by atoms with E-state index in [1.165, 1.54) is 4.90 Å². The summed E-state index contributed by atoms with van der Waals surface area (Å²) < 4.78 is 5.18. The number of likely N-dealkylation sites (tertiary alicyclic amines) is 1. The zero-order valence-corrected chi connectivity index (χ0v) is 15.9. The zero-order chi connectivity index (χ0) is 19.8. The van der Waals surface area contributed by atoms with Crippen LogP contribution in [0.5, 0.6) is 0 Å². The van der Waals surface area contributed by atoms with Crippen molar-refractivity contribution >= 4 is 17.8 Å². The number of rotatable bonds is 9. The topological polar surface area (TPSA) is 95.9 Å². The smallest absolute Gasteiger partial charge is 0.326 e. The highest BCUT2D eigenvalue weighted by Crippen LogP contribution is 2.21. The van der Waals surface area contributed by atoms with Crippen molar-refractivity contribution in [2.45, 2.75) is 51.1 Å². The standard InChI is InChI=1S/C20H28N2O5/c1-3-27-20(26)16(15-8-5-4-6-9-15)11-12-21-14(2)18(23)22-13-7-10-17(22)19(24)25/h4-6,8-9,14,16-17,21H,3,7,10-13H2,1-2H3,(H,24,25)/t14-,16-,17-/m0/s1. The van der Waals surface area contributed by atoms with E-state index in [4.69, 9.17) is 4.74 Å². The third-order valence-electron chi connectivity index (χ3n) is 4.85. The fraction of sp³-hybridized carbons (Fsp3) is 0.550. The molecule has 0 saturated carbocycles. The van der Waals surface area contributed by atoms with Gasteiger partial charge in [0, 0.05) is 6.54 Å². The lowest BCUT2D eigenvalue weighted by Crippen LogP contribution is -2.49. The van der Waals surface area contributed by atoms with Crippen LogP contribution in [0.15, 0.2) is 30.3 Å². The Balaban J connectivity index is 1.92. The third-order valence-corrected chi connectivity index (χ3v) is 4.85. The van der Waals surface area contributed by atoms with Gasteiger partial charge in [0.15, 0.2) is 0 Å². The van der Waals surface area contributed by atoms with Gasteiger partial charge in [-0.25, -0.2) is 4.79 Å². The number of esters is 1. The van der Waals surface area contributed by atoms with Gasteiger partial charge in [-0.3, -0.25) is 9.59 Å². The van der Waals surface area contributed by atoms with Crippen LogP contribution in [0.2, 0.25) is 0 Å². The normalized spacial score (nSPS) is 18.7. The van der Waals surface area contributed by atoms with Crippen molar-refractivity contribution in [3.8, 4) is 0 Å². The van der Waals surface area contributed by atoms with Crippen molar-refractivity contribution in [3.63, 3.8) is 0 Å². The molecule has 0 spiro atoms. The summed E-state index contributed by atoms with van der Waals surface area (Å²) in [7, 11) is 0. The maximum Gasteiger partial charge on any atom is 0.326 e. The molecule has 148 valence electrons. The van der Waals surface area contributed by atoms with Crippen molar-refractivity contribution < 1.29 is 24.2 Å². The van der Waals surface area contributed by atoms with Gasteiger partial charge < -0.3 is 20.1 Å². The largest absolute Gasteiger partial charge is 0.480 e. The number of amides is 1. The first-order chi connectivity index (χ1) is 13.0. The molecule has 2 N–H and O–H groups in total. The van der Waals surface area contributed by atoms with Gasteiger partial charge in [0.1, 0.15) is 6.04 Å². The van der Waals surface area contributed by atoms with Crippen molar-refractivity contribution in [2.75, 3.05) is 19.7 Å². The van der Waals surface area contributed by atoms with Crippen LogP contribution in [0.3, 0.4) is 0 Å². The molecule has 7 nitrogen and oxygen atoms in total. The quantitative estimate of drug-likeness (QED) is 0.638. The van der Waals surface area contributed by atoms with Gasteiger partial charge in [-0.1, -0.05) is 30.3 Å². The molecule has 1 amide bonds. The van der Waals surface area contributed by atoms with Gasteiger partial charge in [0.05, 0.1) is 18.6 Å². The van der Waals surface area contributed by atoms with Crippen LogP contribution in [-0.2, 0) is 19.1 Å². The van der Waals surface area contributed by atoms with Crippen LogP contribution >= 0.6 is 0 Å². The highest BCUT2D eigenvalue weighted by atomic mass is 16.5. The Bertz CT molecular complexity index is 649. The van der Waals surface area contributed by atoms with Crippen molar-refractivity contribution in [1.29, 1.82) is 0 Å². The van der Waals surface area contributed by atoms with Gasteiger partial charge in [-0.15, -0.1) is 0 Å². The lowest BCUT2D eigenvalue weighted by molar-refractivity contribution is -0.149. The van der Waals surface area contributed by atoms with E-state index in [-0.39, 0.29) is 11.9 Å². The first kappa shape index (κ1) is 20.9. The molecular formula is C20H28N2O5. The molecule has 7 heteroatoms. The number of hydrogen-bond donors (Lipinski definition) is 2. The van der Waals surface area contributed by atoms with Crippen LogP contribution in [0, 0.1) is 0 Å². The zero-order valence-electron chi connectivity index (χ0n) is 15.9. The number of carboxylic acid groups (broad SMARTS) is 1. The minimum atomic E-state index is -0.959. The van der Waals surface area contributed by atoms with E-state index in [2.05, 4.69) is 5.32 Å². The molecule has 1 fully saturated rings. The molecule has 0 unspecified atom stereocenters. The molecule has 2 rings (SSSR count). The van der Waals surface area contributed by atoms with Crippen molar-refractivity contribution in [3.05, 3.63) is 35.9 Å². The summed E-state index contributed by atoms with van der Waals surface area (Å²) in [5.41, 5.74) is 0.877. The van der Waals surface area contributed by atoms with E-state index in [0.29, 0.717) is 39.0 Å². The molecule has 0 radical (unpaired) electrons. The van der Waals surface area contributed by atoms with Crippen LogP contribution in [0.1, 0.15) is 44.6 Å². The Morgan fingerprint density at radius 3 is 2.63 bits per heavy atom. The van der Waals surface area contributed by atoms with Gasteiger partial charge in [-0.2, -0.15) is 0 Å². The van der Waals surface area contributed by atoms with Crippen LogP contribution in [0.4, 0.5) is 0 Å². The lowest BCUT2D eigenvalue weighted by atomic mass is 9.95.